The fourth-order valence-electron chi connectivity index (χ4n) is 2.12. The van der Waals surface area contributed by atoms with Gasteiger partial charge in [0.25, 0.3) is 6.20 Å². The minimum Gasteiger partial charge on any atom is -0.464 e. The number of furan rings is 1. The number of rotatable bonds is 12. The first-order chi connectivity index (χ1) is 12.5. The van der Waals surface area contributed by atoms with E-state index in [-0.39, 0.29) is 6.54 Å². The van der Waals surface area contributed by atoms with Crippen molar-refractivity contribution in [2.24, 2.45) is 0 Å². The summed E-state index contributed by atoms with van der Waals surface area (Å²) in [4.78, 5) is 12.1. The molecule has 1 aromatic heterocycles. The first-order valence-corrected chi connectivity index (χ1v) is 9.16. The van der Waals surface area contributed by atoms with E-state index in [2.05, 4.69) is 22.5 Å². The summed E-state index contributed by atoms with van der Waals surface area (Å²) in [5.74, 6) is 8.61. The van der Waals surface area contributed by atoms with Crippen LogP contribution in [0.2, 0.25) is 0 Å². The Kier molecular flexibility index (Phi) is 9.85. The summed E-state index contributed by atoms with van der Waals surface area (Å²) in [7, 11) is 1.95. The molecule has 0 atom stereocenters. The van der Waals surface area contributed by atoms with Gasteiger partial charge in [-0.2, -0.15) is 11.8 Å². The maximum atomic E-state index is 10.6. The highest BCUT2D eigenvalue weighted by atomic mass is 32.2. The fourth-order valence-corrected chi connectivity index (χ4v) is 2.98. The Morgan fingerprint density at radius 1 is 1.46 bits per heavy atom. The maximum Gasteiger partial charge on any atom is 0.274 e. The molecule has 0 aliphatic heterocycles. The topological polar surface area (TPSA) is 83.6 Å². The summed E-state index contributed by atoms with van der Waals surface area (Å²) in [6.07, 6.45) is 11.3. The van der Waals surface area contributed by atoms with Crippen LogP contribution in [0.4, 0.5) is 0 Å². The zero-order valence-corrected chi connectivity index (χ0v) is 15.9. The minimum absolute atomic E-state index is 0.225. The van der Waals surface area contributed by atoms with E-state index in [1.165, 1.54) is 0 Å². The summed E-state index contributed by atoms with van der Waals surface area (Å²) in [5, 5.41) is 16.3. The Balaban J connectivity index is 2.39. The average Bonchev–Trinajstić information content (AvgIpc) is 2.91. The molecule has 0 spiro atoms. The SMILES string of the molecule is C#CCNC(=C[N+](=O)[O-])NCCSCc1oc(CN(C)CC#C)cc1C. The number of nitrogens with one attached hydrogen (secondary N) is 2. The van der Waals surface area contributed by atoms with Gasteiger partial charge in [0.1, 0.15) is 11.5 Å². The normalized spacial score (nSPS) is 11.0. The molecule has 0 aliphatic rings. The van der Waals surface area contributed by atoms with E-state index in [4.69, 9.17) is 17.3 Å². The molecule has 0 saturated carbocycles. The van der Waals surface area contributed by atoms with E-state index in [1.54, 1.807) is 11.8 Å². The van der Waals surface area contributed by atoms with Gasteiger partial charge in [-0.3, -0.25) is 15.0 Å². The van der Waals surface area contributed by atoms with Crippen LogP contribution in [0.5, 0.6) is 0 Å². The number of aryl methyl sites for hydroxylation is 1. The molecule has 2 N–H and O–H groups in total. The van der Waals surface area contributed by atoms with Crippen molar-refractivity contribution in [3.8, 4) is 24.7 Å². The standard InChI is InChI=1S/C18H24N4O3S/c1-5-7-19-18(13-22(23)24)20-8-10-26-14-17-15(3)11-16(25-17)12-21(4)9-6-2/h1-2,11,13,19-20H,7-10,12,14H2,3-4H3. The van der Waals surface area contributed by atoms with Crippen LogP contribution in [0.15, 0.2) is 22.5 Å². The third-order valence-electron chi connectivity index (χ3n) is 3.27. The van der Waals surface area contributed by atoms with E-state index >= 15 is 0 Å². The van der Waals surface area contributed by atoms with Crippen LogP contribution in [0.25, 0.3) is 0 Å². The van der Waals surface area contributed by atoms with Crippen LogP contribution in [-0.4, -0.2) is 42.3 Å². The average molecular weight is 376 g/mol. The third-order valence-corrected chi connectivity index (χ3v) is 4.23. The van der Waals surface area contributed by atoms with Gasteiger partial charge in [0, 0.05) is 12.3 Å². The Morgan fingerprint density at radius 2 is 2.23 bits per heavy atom. The number of terminal acetylenes is 2. The molecule has 0 fully saturated rings. The van der Waals surface area contributed by atoms with Crippen molar-refractivity contribution in [2.75, 3.05) is 32.4 Å². The van der Waals surface area contributed by atoms with E-state index < -0.39 is 4.92 Å². The Morgan fingerprint density at radius 3 is 2.88 bits per heavy atom. The third kappa shape index (κ3) is 8.52. The molecule has 0 unspecified atom stereocenters. The fraction of sp³-hybridized carbons (Fsp3) is 0.444. The lowest BCUT2D eigenvalue weighted by Gasteiger charge is -2.10. The monoisotopic (exact) mass is 376 g/mol. The molecule has 0 saturated heterocycles. The molecule has 1 rings (SSSR count). The van der Waals surface area contributed by atoms with Gasteiger partial charge in [-0.1, -0.05) is 11.8 Å². The maximum absolute atomic E-state index is 10.6. The molecular weight excluding hydrogens is 352 g/mol. The highest BCUT2D eigenvalue weighted by Crippen LogP contribution is 2.21. The Labute approximate surface area is 158 Å². The van der Waals surface area contributed by atoms with Gasteiger partial charge in [0.2, 0.25) is 0 Å². The van der Waals surface area contributed by atoms with Crippen LogP contribution in [0.3, 0.4) is 0 Å². The van der Waals surface area contributed by atoms with Crippen LogP contribution in [0, 0.1) is 41.7 Å². The van der Waals surface area contributed by atoms with Gasteiger partial charge in [0.15, 0.2) is 5.82 Å². The predicted octanol–water partition coefficient (Wildman–Crippen LogP) is 1.77. The number of hydrogen-bond acceptors (Lipinski definition) is 7. The molecule has 1 heterocycles. The zero-order valence-electron chi connectivity index (χ0n) is 15.1. The van der Waals surface area contributed by atoms with Gasteiger partial charge >= 0.3 is 0 Å². The van der Waals surface area contributed by atoms with Gasteiger partial charge < -0.3 is 15.1 Å². The molecule has 0 bridgehead atoms. The summed E-state index contributed by atoms with van der Waals surface area (Å²) in [5.41, 5.74) is 1.11. The number of nitro groups is 1. The molecular formula is C18H24N4O3S. The number of hydrogen-bond donors (Lipinski definition) is 2. The molecule has 0 aromatic carbocycles. The number of thioether (sulfide) groups is 1. The molecule has 1 aromatic rings. The van der Waals surface area contributed by atoms with Crippen molar-refractivity contribution in [1.82, 2.24) is 15.5 Å². The highest BCUT2D eigenvalue weighted by Gasteiger charge is 2.09. The second-order valence-corrected chi connectivity index (χ2v) is 6.67. The van der Waals surface area contributed by atoms with Crippen molar-refractivity contribution in [3.05, 3.63) is 45.3 Å². The molecule has 0 radical (unpaired) electrons. The lowest BCUT2D eigenvalue weighted by Crippen LogP contribution is -2.29. The van der Waals surface area contributed by atoms with Crippen LogP contribution < -0.4 is 10.6 Å². The van der Waals surface area contributed by atoms with Crippen molar-refractivity contribution >= 4 is 11.8 Å². The number of nitrogens with zero attached hydrogens (tertiary/aromatic N) is 2. The van der Waals surface area contributed by atoms with Crippen molar-refractivity contribution < 1.29 is 9.34 Å². The molecule has 0 amide bonds. The van der Waals surface area contributed by atoms with E-state index in [0.717, 1.165) is 34.8 Å². The van der Waals surface area contributed by atoms with Crippen LogP contribution >= 0.6 is 11.8 Å². The second-order valence-electron chi connectivity index (χ2n) is 5.56. The molecule has 140 valence electrons. The largest absolute Gasteiger partial charge is 0.464 e. The van der Waals surface area contributed by atoms with Gasteiger partial charge in [-0.05, 0) is 25.6 Å². The van der Waals surface area contributed by atoms with E-state index in [9.17, 15) is 10.1 Å². The van der Waals surface area contributed by atoms with E-state index in [0.29, 0.717) is 25.5 Å². The quantitative estimate of drug-likeness (QED) is 0.249. The Hall–Kier alpha value is -2.55. The zero-order chi connectivity index (χ0) is 19.4. The summed E-state index contributed by atoms with van der Waals surface area (Å²) < 4.78 is 5.88. The predicted molar refractivity (Wildman–Crippen MR) is 105 cm³/mol. The Bertz CT molecular complexity index is 700. The van der Waals surface area contributed by atoms with Gasteiger partial charge in [-0.25, -0.2) is 0 Å². The van der Waals surface area contributed by atoms with Crippen molar-refractivity contribution in [1.29, 1.82) is 0 Å². The molecule has 8 heteroatoms. The first kappa shape index (κ1) is 21.5. The summed E-state index contributed by atoms with van der Waals surface area (Å²) in [6.45, 7) is 4.06. The smallest absolute Gasteiger partial charge is 0.274 e. The molecule has 26 heavy (non-hydrogen) atoms. The summed E-state index contributed by atoms with van der Waals surface area (Å²) >= 11 is 1.68. The first-order valence-electron chi connectivity index (χ1n) is 8.00. The van der Waals surface area contributed by atoms with Crippen LogP contribution in [0.1, 0.15) is 17.1 Å². The summed E-state index contributed by atoms with van der Waals surface area (Å²) in [6, 6.07) is 2.03. The minimum atomic E-state index is -0.524. The van der Waals surface area contributed by atoms with Crippen molar-refractivity contribution in [3.63, 3.8) is 0 Å². The van der Waals surface area contributed by atoms with Gasteiger partial charge in [0.05, 0.1) is 30.3 Å². The lowest BCUT2D eigenvalue weighted by molar-refractivity contribution is -0.404. The second kappa shape index (κ2) is 11.9. The lowest BCUT2D eigenvalue weighted by atomic mass is 10.3. The van der Waals surface area contributed by atoms with Crippen LogP contribution in [-0.2, 0) is 12.3 Å². The highest BCUT2D eigenvalue weighted by molar-refractivity contribution is 7.98. The molecule has 0 aliphatic carbocycles. The van der Waals surface area contributed by atoms with Gasteiger partial charge in [-0.15, -0.1) is 12.8 Å². The molecule has 7 nitrogen and oxygen atoms in total. The van der Waals surface area contributed by atoms with Crippen molar-refractivity contribution in [2.45, 2.75) is 19.2 Å². The van der Waals surface area contributed by atoms with E-state index in [1.807, 2.05) is 24.9 Å².